The molecule has 1 aromatic carbocycles. The summed E-state index contributed by atoms with van der Waals surface area (Å²) in [6, 6.07) is 5.04. The van der Waals surface area contributed by atoms with Crippen LogP contribution in [0.15, 0.2) is 28.4 Å². The lowest BCUT2D eigenvalue weighted by molar-refractivity contribution is -0.146. The van der Waals surface area contributed by atoms with Crippen LogP contribution >= 0.6 is 11.6 Å². The third-order valence-electron chi connectivity index (χ3n) is 4.36. The fourth-order valence-electron chi connectivity index (χ4n) is 3.01. The normalized spacial score (nSPS) is 30.8. The molecule has 2 aliphatic heterocycles. The van der Waals surface area contributed by atoms with Crippen LogP contribution in [0, 0.1) is 5.41 Å². The summed E-state index contributed by atoms with van der Waals surface area (Å²) < 4.78 is 0. The molecule has 2 heterocycles. The van der Waals surface area contributed by atoms with Gasteiger partial charge in [0.05, 0.1) is 16.6 Å². The maximum Gasteiger partial charge on any atom is 0.310 e. The van der Waals surface area contributed by atoms with Crippen LogP contribution in [-0.2, 0) is 9.59 Å². The van der Waals surface area contributed by atoms with E-state index in [0.717, 1.165) is 0 Å². The number of rotatable bonds is 3. The summed E-state index contributed by atoms with van der Waals surface area (Å²) >= 11 is 5.96. The lowest BCUT2D eigenvalue weighted by Crippen LogP contribution is -2.37. The number of nitrogens with one attached hydrogen (secondary N) is 2. The molecule has 0 aliphatic carbocycles. The fraction of sp³-hybridized carbons (Fsp3) is 0.375. The second-order valence-electron chi connectivity index (χ2n) is 6.65. The van der Waals surface area contributed by atoms with Crippen molar-refractivity contribution in [3.63, 3.8) is 0 Å². The lowest BCUT2D eigenvalue weighted by Gasteiger charge is -2.20. The Hall–Kier alpha value is -2.25. The van der Waals surface area contributed by atoms with Gasteiger partial charge in [-0.2, -0.15) is 5.10 Å². The number of anilines is 1. The third kappa shape index (κ3) is 2.92. The van der Waals surface area contributed by atoms with Gasteiger partial charge in [-0.3, -0.25) is 9.59 Å². The Morgan fingerprint density at radius 1 is 1.42 bits per heavy atom. The van der Waals surface area contributed by atoms with Gasteiger partial charge in [-0.05, 0) is 38.5 Å². The van der Waals surface area contributed by atoms with Gasteiger partial charge in [0.15, 0.2) is 5.71 Å². The zero-order valence-corrected chi connectivity index (χ0v) is 14.0. The first-order valence-corrected chi connectivity index (χ1v) is 7.82. The Labute approximate surface area is 143 Å². The highest BCUT2D eigenvalue weighted by Gasteiger charge is 2.46. The SMILES string of the molecule is CC1(C=NN=C2C(=O)Nc3ccc(Cl)cc32)CC(C)(C(=O)O)CN1. The molecule has 8 heteroatoms. The fourth-order valence-corrected chi connectivity index (χ4v) is 3.19. The predicted octanol–water partition coefficient (Wildman–Crippen LogP) is 1.91. The average molecular weight is 349 g/mol. The van der Waals surface area contributed by atoms with E-state index >= 15 is 0 Å². The first-order chi connectivity index (χ1) is 11.2. The standard InChI is InChI=1S/C16H17ClN4O3/c1-15(14(23)24)6-16(2,18-7-15)8-19-21-12-10-5-9(17)3-4-11(10)20-13(12)22/h3-5,8,18H,6-7H2,1-2H3,(H,23,24)(H,20,21,22). The van der Waals surface area contributed by atoms with Crippen LogP contribution in [0.5, 0.6) is 0 Å². The van der Waals surface area contributed by atoms with E-state index in [1.54, 1.807) is 31.3 Å². The number of hydrogen-bond acceptors (Lipinski definition) is 5. The van der Waals surface area contributed by atoms with Crippen LogP contribution < -0.4 is 10.6 Å². The molecular weight excluding hydrogens is 332 g/mol. The van der Waals surface area contributed by atoms with E-state index in [2.05, 4.69) is 20.8 Å². The maximum atomic E-state index is 12.0. The minimum atomic E-state index is -0.850. The van der Waals surface area contributed by atoms with Crippen molar-refractivity contribution in [2.75, 3.05) is 11.9 Å². The van der Waals surface area contributed by atoms with E-state index in [4.69, 9.17) is 11.6 Å². The van der Waals surface area contributed by atoms with E-state index in [-0.39, 0.29) is 11.6 Å². The quantitative estimate of drug-likeness (QED) is 0.573. The van der Waals surface area contributed by atoms with Gasteiger partial charge in [-0.1, -0.05) is 11.6 Å². The van der Waals surface area contributed by atoms with Crippen molar-refractivity contribution < 1.29 is 14.7 Å². The van der Waals surface area contributed by atoms with Crippen LogP contribution in [0.2, 0.25) is 5.02 Å². The zero-order chi connectivity index (χ0) is 17.5. The number of carboxylic acid groups (broad SMARTS) is 1. The van der Waals surface area contributed by atoms with Crippen molar-refractivity contribution >= 4 is 41.1 Å². The molecule has 1 fully saturated rings. The minimum Gasteiger partial charge on any atom is -0.481 e. The van der Waals surface area contributed by atoms with E-state index in [1.807, 2.05) is 6.92 Å². The van der Waals surface area contributed by atoms with Crippen LogP contribution in [-0.4, -0.2) is 41.0 Å². The van der Waals surface area contributed by atoms with Crippen molar-refractivity contribution in [3.8, 4) is 0 Å². The van der Waals surface area contributed by atoms with Crippen LogP contribution in [0.3, 0.4) is 0 Å². The first kappa shape index (κ1) is 16.6. The van der Waals surface area contributed by atoms with Gasteiger partial charge in [0.2, 0.25) is 0 Å². The molecule has 0 spiro atoms. The number of nitrogens with zero attached hydrogens (tertiary/aromatic N) is 2. The van der Waals surface area contributed by atoms with Crippen LogP contribution in [0.1, 0.15) is 25.8 Å². The number of aliphatic carboxylic acids is 1. The Morgan fingerprint density at radius 2 is 2.17 bits per heavy atom. The number of carbonyl (C=O) groups excluding carboxylic acids is 1. The first-order valence-electron chi connectivity index (χ1n) is 7.44. The molecule has 3 N–H and O–H groups in total. The molecule has 126 valence electrons. The van der Waals surface area contributed by atoms with Crippen LogP contribution in [0.4, 0.5) is 5.69 Å². The van der Waals surface area contributed by atoms with E-state index < -0.39 is 16.9 Å². The number of carboxylic acids is 1. The van der Waals surface area contributed by atoms with E-state index in [0.29, 0.717) is 29.2 Å². The summed E-state index contributed by atoms with van der Waals surface area (Å²) in [7, 11) is 0. The summed E-state index contributed by atoms with van der Waals surface area (Å²) in [4.78, 5) is 23.3. The van der Waals surface area contributed by atoms with E-state index in [1.165, 1.54) is 0 Å². The Bertz CT molecular complexity index is 792. The number of benzene rings is 1. The van der Waals surface area contributed by atoms with Gasteiger partial charge in [0, 0.05) is 23.3 Å². The number of hydrogen-bond donors (Lipinski definition) is 3. The van der Waals surface area contributed by atoms with Gasteiger partial charge in [0.25, 0.3) is 5.91 Å². The van der Waals surface area contributed by atoms with Crippen molar-refractivity contribution in [2.24, 2.45) is 15.6 Å². The van der Waals surface area contributed by atoms with Crippen molar-refractivity contribution in [1.82, 2.24) is 5.32 Å². The summed E-state index contributed by atoms with van der Waals surface area (Å²) in [5.41, 5.74) is -0.0136. The molecule has 0 saturated carbocycles. The van der Waals surface area contributed by atoms with Gasteiger partial charge in [-0.25, -0.2) is 0 Å². The predicted molar refractivity (Wildman–Crippen MR) is 91.9 cm³/mol. The smallest absolute Gasteiger partial charge is 0.310 e. The molecule has 3 rings (SSSR count). The van der Waals surface area contributed by atoms with Gasteiger partial charge < -0.3 is 15.7 Å². The van der Waals surface area contributed by atoms with Crippen molar-refractivity contribution in [3.05, 3.63) is 28.8 Å². The maximum absolute atomic E-state index is 12.0. The van der Waals surface area contributed by atoms with E-state index in [9.17, 15) is 14.7 Å². The molecule has 2 unspecified atom stereocenters. The zero-order valence-electron chi connectivity index (χ0n) is 13.3. The summed E-state index contributed by atoms with van der Waals surface area (Å²) in [5, 5.41) is 23.7. The molecule has 2 aliphatic rings. The monoisotopic (exact) mass is 348 g/mol. The average Bonchev–Trinajstić information content (AvgIpc) is 2.98. The Balaban J connectivity index is 1.82. The van der Waals surface area contributed by atoms with Gasteiger partial charge in [-0.15, -0.1) is 5.10 Å². The second-order valence-corrected chi connectivity index (χ2v) is 7.09. The Kier molecular flexibility index (Phi) is 3.93. The largest absolute Gasteiger partial charge is 0.481 e. The number of fused-ring (bicyclic) bond motifs is 1. The molecule has 0 aromatic heterocycles. The molecule has 1 aromatic rings. The van der Waals surface area contributed by atoms with Crippen molar-refractivity contribution in [1.29, 1.82) is 0 Å². The topological polar surface area (TPSA) is 103 Å². The molecule has 0 bridgehead atoms. The van der Waals surface area contributed by atoms with Crippen LogP contribution in [0.25, 0.3) is 0 Å². The minimum absolute atomic E-state index is 0.186. The lowest BCUT2D eigenvalue weighted by atomic mass is 9.84. The molecule has 7 nitrogen and oxygen atoms in total. The third-order valence-corrected chi connectivity index (χ3v) is 4.59. The molecule has 0 radical (unpaired) electrons. The highest BCUT2D eigenvalue weighted by molar-refractivity contribution is 6.54. The summed E-state index contributed by atoms with van der Waals surface area (Å²) in [6.45, 7) is 3.89. The number of halogens is 1. The second kappa shape index (κ2) is 5.68. The molecular formula is C16H17ClN4O3. The Morgan fingerprint density at radius 3 is 2.83 bits per heavy atom. The molecule has 2 atom stereocenters. The molecule has 24 heavy (non-hydrogen) atoms. The molecule has 1 saturated heterocycles. The summed E-state index contributed by atoms with van der Waals surface area (Å²) in [6.07, 6.45) is 1.93. The summed E-state index contributed by atoms with van der Waals surface area (Å²) in [5.74, 6) is -1.19. The highest BCUT2D eigenvalue weighted by Crippen LogP contribution is 2.34. The highest BCUT2D eigenvalue weighted by atomic mass is 35.5. The number of carbonyl (C=O) groups is 2. The van der Waals surface area contributed by atoms with Gasteiger partial charge >= 0.3 is 5.97 Å². The number of amides is 1. The van der Waals surface area contributed by atoms with Crippen molar-refractivity contribution in [2.45, 2.75) is 25.8 Å². The van der Waals surface area contributed by atoms with Gasteiger partial charge in [0.1, 0.15) is 0 Å². The molecule has 1 amide bonds.